The smallest absolute Gasteiger partial charge is 0.320 e. The lowest BCUT2D eigenvalue weighted by molar-refractivity contribution is -0.141. The quantitative estimate of drug-likeness (QED) is 0.684. The molecule has 2 amide bonds. The Morgan fingerprint density at radius 1 is 1.15 bits per heavy atom. The monoisotopic (exact) mass is 283 g/mol. The first-order chi connectivity index (χ1) is 9.49. The highest BCUT2D eigenvalue weighted by Gasteiger charge is 2.36. The van der Waals surface area contributed by atoms with Gasteiger partial charge in [0.05, 0.1) is 6.54 Å². The minimum absolute atomic E-state index is 0.0231. The van der Waals surface area contributed by atoms with E-state index in [2.05, 4.69) is 5.32 Å². The van der Waals surface area contributed by atoms with Crippen LogP contribution in [0.2, 0.25) is 0 Å². The summed E-state index contributed by atoms with van der Waals surface area (Å²) >= 11 is 0. The number of piperazine rings is 1. The Balaban J connectivity index is 1.75. The van der Waals surface area contributed by atoms with Crippen molar-refractivity contribution in [1.82, 2.24) is 15.1 Å². The van der Waals surface area contributed by atoms with E-state index in [9.17, 15) is 14.4 Å². The molecule has 7 nitrogen and oxygen atoms in total. The van der Waals surface area contributed by atoms with Gasteiger partial charge < -0.3 is 14.9 Å². The zero-order valence-electron chi connectivity index (χ0n) is 11.7. The first kappa shape index (κ1) is 14.8. The van der Waals surface area contributed by atoms with E-state index in [0.29, 0.717) is 26.2 Å². The third-order valence-electron chi connectivity index (χ3n) is 3.91. The molecule has 1 saturated heterocycles. The van der Waals surface area contributed by atoms with Crippen LogP contribution >= 0.6 is 0 Å². The first-order valence-electron chi connectivity index (χ1n) is 6.98. The predicted octanol–water partition coefficient (Wildman–Crippen LogP) is -0.870. The minimum Gasteiger partial charge on any atom is -0.480 e. The number of carbonyl (C=O) groups excluding carboxylic acids is 2. The number of hydrogen-bond donors (Lipinski definition) is 2. The fourth-order valence-corrected chi connectivity index (χ4v) is 2.46. The van der Waals surface area contributed by atoms with E-state index < -0.39 is 12.0 Å². The van der Waals surface area contributed by atoms with Crippen molar-refractivity contribution < 1.29 is 19.5 Å². The molecule has 2 aliphatic rings. The maximum atomic E-state index is 12.0. The van der Waals surface area contributed by atoms with E-state index in [0.717, 1.165) is 12.8 Å². The lowest BCUT2D eigenvalue weighted by atomic mass is 10.2. The van der Waals surface area contributed by atoms with Crippen LogP contribution in [0, 0.1) is 5.92 Å². The van der Waals surface area contributed by atoms with Crippen LogP contribution in [0.5, 0.6) is 0 Å². The van der Waals surface area contributed by atoms with Crippen molar-refractivity contribution >= 4 is 17.8 Å². The molecule has 0 radical (unpaired) electrons. The molecule has 2 N–H and O–H groups in total. The number of nitrogens with one attached hydrogen (secondary N) is 1. The first-order valence-corrected chi connectivity index (χ1v) is 6.98. The Kier molecular flexibility index (Phi) is 4.59. The lowest BCUT2D eigenvalue weighted by Gasteiger charge is -2.34. The summed E-state index contributed by atoms with van der Waals surface area (Å²) in [5, 5.41) is 11.9. The molecule has 1 atom stereocenters. The molecule has 1 heterocycles. The third kappa shape index (κ3) is 3.69. The summed E-state index contributed by atoms with van der Waals surface area (Å²) in [6, 6.07) is -0.613. The standard InChI is InChI=1S/C13H21N3O4/c1-9(17)15-4-6-16(7-5-15)11(18)8-14-12(13(19)20)10-2-3-10/h10,12,14H,2-8H2,1H3,(H,19,20). The average molecular weight is 283 g/mol. The van der Waals surface area contributed by atoms with Crippen LogP contribution in [-0.2, 0) is 14.4 Å². The molecule has 1 saturated carbocycles. The molecule has 7 heteroatoms. The van der Waals surface area contributed by atoms with Crippen LogP contribution in [0.3, 0.4) is 0 Å². The second kappa shape index (κ2) is 6.21. The number of amides is 2. The summed E-state index contributed by atoms with van der Waals surface area (Å²) in [4.78, 5) is 37.6. The van der Waals surface area contributed by atoms with E-state index in [1.807, 2.05) is 0 Å². The summed E-state index contributed by atoms with van der Waals surface area (Å²) in [7, 11) is 0. The van der Waals surface area contributed by atoms with Crippen molar-refractivity contribution in [3.8, 4) is 0 Å². The van der Waals surface area contributed by atoms with Crippen LogP contribution in [-0.4, -0.2) is 71.5 Å². The summed E-state index contributed by atoms with van der Waals surface area (Å²) in [5.41, 5.74) is 0. The maximum absolute atomic E-state index is 12.0. The Morgan fingerprint density at radius 2 is 1.70 bits per heavy atom. The number of carboxylic acid groups (broad SMARTS) is 1. The number of carboxylic acids is 1. The van der Waals surface area contributed by atoms with Crippen molar-refractivity contribution in [3.63, 3.8) is 0 Å². The molecular weight excluding hydrogens is 262 g/mol. The zero-order chi connectivity index (χ0) is 14.7. The van der Waals surface area contributed by atoms with Gasteiger partial charge >= 0.3 is 5.97 Å². The molecule has 0 aromatic rings. The van der Waals surface area contributed by atoms with Gasteiger partial charge in [-0.1, -0.05) is 0 Å². The van der Waals surface area contributed by atoms with Crippen molar-refractivity contribution in [2.45, 2.75) is 25.8 Å². The Hall–Kier alpha value is -1.63. The van der Waals surface area contributed by atoms with Crippen LogP contribution in [0.25, 0.3) is 0 Å². The van der Waals surface area contributed by atoms with Crippen LogP contribution in [0.4, 0.5) is 0 Å². The normalized spacial score (nSPS) is 20.6. The average Bonchev–Trinajstić information content (AvgIpc) is 3.23. The van der Waals surface area contributed by atoms with Crippen LogP contribution < -0.4 is 5.32 Å². The van der Waals surface area contributed by atoms with Crippen molar-refractivity contribution in [1.29, 1.82) is 0 Å². The molecular formula is C13H21N3O4. The second-order valence-corrected chi connectivity index (χ2v) is 5.42. The molecule has 20 heavy (non-hydrogen) atoms. The van der Waals surface area contributed by atoms with Crippen molar-refractivity contribution in [2.75, 3.05) is 32.7 Å². The van der Waals surface area contributed by atoms with E-state index in [4.69, 9.17) is 5.11 Å². The fourth-order valence-electron chi connectivity index (χ4n) is 2.46. The van der Waals surface area contributed by atoms with Gasteiger partial charge in [-0.05, 0) is 18.8 Å². The highest BCUT2D eigenvalue weighted by molar-refractivity contribution is 5.81. The van der Waals surface area contributed by atoms with Gasteiger partial charge in [-0.3, -0.25) is 19.7 Å². The summed E-state index contributed by atoms with van der Waals surface area (Å²) in [6.45, 7) is 3.69. The summed E-state index contributed by atoms with van der Waals surface area (Å²) < 4.78 is 0. The van der Waals surface area contributed by atoms with Gasteiger partial charge in [0, 0.05) is 33.1 Å². The predicted molar refractivity (Wildman–Crippen MR) is 71.0 cm³/mol. The summed E-state index contributed by atoms with van der Waals surface area (Å²) in [5.74, 6) is -0.799. The highest BCUT2D eigenvalue weighted by atomic mass is 16.4. The number of rotatable bonds is 5. The molecule has 2 rings (SSSR count). The van der Waals surface area contributed by atoms with E-state index in [-0.39, 0.29) is 24.3 Å². The zero-order valence-corrected chi connectivity index (χ0v) is 11.7. The molecule has 2 fully saturated rings. The highest BCUT2D eigenvalue weighted by Crippen LogP contribution is 2.32. The molecule has 1 aliphatic carbocycles. The SMILES string of the molecule is CC(=O)N1CCN(C(=O)CNC(C(=O)O)C2CC2)CC1. The van der Waals surface area contributed by atoms with Crippen molar-refractivity contribution in [3.05, 3.63) is 0 Å². The Morgan fingerprint density at radius 3 is 2.15 bits per heavy atom. The van der Waals surface area contributed by atoms with Gasteiger partial charge in [-0.25, -0.2) is 0 Å². The fraction of sp³-hybridized carbons (Fsp3) is 0.769. The number of carbonyl (C=O) groups is 3. The van der Waals surface area contributed by atoms with Gasteiger partial charge in [0.15, 0.2) is 0 Å². The van der Waals surface area contributed by atoms with Gasteiger partial charge in [0.1, 0.15) is 6.04 Å². The molecule has 0 aromatic heterocycles. The van der Waals surface area contributed by atoms with E-state index >= 15 is 0 Å². The maximum Gasteiger partial charge on any atom is 0.320 e. The molecule has 1 unspecified atom stereocenters. The van der Waals surface area contributed by atoms with Crippen LogP contribution in [0.15, 0.2) is 0 Å². The van der Waals surface area contributed by atoms with Crippen LogP contribution in [0.1, 0.15) is 19.8 Å². The number of nitrogens with zero attached hydrogens (tertiary/aromatic N) is 2. The number of hydrogen-bond acceptors (Lipinski definition) is 4. The van der Waals surface area contributed by atoms with Gasteiger partial charge in [0.25, 0.3) is 0 Å². The molecule has 1 aliphatic heterocycles. The lowest BCUT2D eigenvalue weighted by Crippen LogP contribution is -2.53. The Bertz CT molecular complexity index is 400. The largest absolute Gasteiger partial charge is 0.480 e. The molecule has 112 valence electrons. The van der Waals surface area contributed by atoms with Crippen molar-refractivity contribution in [2.24, 2.45) is 5.92 Å². The second-order valence-electron chi connectivity index (χ2n) is 5.42. The minimum atomic E-state index is -0.887. The third-order valence-corrected chi connectivity index (χ3v) is 3.91. The van der Waals surface area contributed by atoms with Gasteiger partial charge in [0.2, 0.25) is 11.8 Å². The van der Waals surface area contributed by atoms with E-state index in [1.54, 1.807) is 9.80 Å². The molecule has 0 spiro atoms. The van der Waals surface area contributed by atoms with Gasteiger partial charge in [-0.15, -0.1) is 0 Å². The van der Waals surface area contributed by atoms with Gasteiger partial charge in [-0.2, -0.15) is 0 Å². The Labute approximate surface area is 117 Å². The topological polar surface area (TPSA) is 90.0 Å². The summed E-state index contributed by atoms with van der Waals surface area (Å²) in [6.07, 6.45) is 1.82. The number of aliphatic carboxylic acids is 1. The molecule has 0 bridgehead atoms. The van der Waals surface area contributed by atoms with E-state index in [1.165, 1.54) is 6.92 Å². The molecule has 0 aromatic carbocycles.